The fourth-order valence-electron chi connectivity index (χ4n) is 1.82. The Morgan fingerprint density at radius 1 is 1.20 bits per heavy atom. The van der Waals surface area contributed by atoms with Crippen molar-refractivity contribution in [3.63, 3.8) is 0 Å². The van der Waals surface area contributed by atoms with E-state index in [1.165, 1.54) is 31.2 Å². The van der Waals surface area contributed by atoms with Gasteiger partial charge in [-0.3, -0.25) is 9.59 Å². The lowest BCUT2D eigenvalue weighted by atomic mass is 10.2. The molecule has 0 atom stereocenters. The summed E-state index contributed by atoms with van der Waals surface area (Å²) >= 11 is 11.9. The quantitative estimate of drug-likeness (QED) is 0.687. The topological polar surface area (TPSA) is 84.9 Å². The number of nitrogens with zero attached hydrogens (tertiary/aromatic N) is 1. The molecule has 0 aromatic heterocycles. The minimum absolute atomic E-state index is 0.0898. The van der Waals surface area contributed by atoms with Crippen LogP contribution in [0.1, 0.15) is 23.7 Å². The molecule has 0 unspecified atom stereocenters. The Morgan fingerprint density at radius 2 is 1.80 bits per heavy atom. The van der Waals surface area contributed by atoms with Gasteiger partial charge in [-0.05, 0) is 18.6 Å². The fraction of sp³-hybridized carbons (Fsp3) is 0.438. The number of esters is 1. The van der Waals surface area contributed by atoms with Gasteiger partial charge < -0.3 is 19.7 Å². The number of hydrogen-bond donors (Lipinski definition) is 1. The van der Waals surface area contributed by atoms with Crippen LogP contribution in [0.15, 0.2) is 12.1 Å². The maximum absolute atomic E-state index is 12.0. The summed E-state index contributed by atoms with van der Waals surface area (Å²) in [6.45, 7) is 1.84. The summed E-state index contributed by atoms with van der Waals surface area (Å²) in [6, 6.07) is 2.67. The first-order valence-corrected chi connectivity index (χ1v) is 8.26. The SMILES string of the molecule is CCCNC(=O)CN(C)C(=O)COC(=O)c1cc(Cl)c(OC)c(Cl)c1. The number of amides is 2. The number of benzene rings is 1. The van der Waals surface area contributed by atoms with Crippen LogP contribution in [0.3, 0.4) is 0 Å². The molecule has 138 valence electrons. The first-order chi connectivity index (χ1) is 11.8. The Morgan fingerprint density at radius 3 is 2.32 bits per heavy atom. The average molecular weight is 391 g/mol. The molecule has 0 fully saturated rings. The number of rotatable bonds is 8. The summed E-state index contributed by atoms with van der Waals surface area (Å²) in [7, 11) is 2.85. The standard InChI is InChI=1S/C16H20Cl2N2O5/c1-4-5-19-13(21)8-20(2)14(22)9-25-16(23)10-6-11(17)15(24-3)12(18)7-10/h6-7H,4-5,8-9H2,1-3H3,(H,19,21). The molecule has 0 heterocycles. The molecule has 2 amide bonds. The van der Waals surface area contributed by atoms with E-state index in [9.17, 15) is 14.4 Å². The minimum atomic E-state index is -0.761. The van der Waals surface area contributed by atoms with Gasteiger partial charge in [0.2, 0.25) is 5.91 Å². The van der Waals surface area contributed by atoms with Crippen LogP contribution in [0.4, 0.5) is 0 Å². The van der Waals surface area contributed by atoms with Gasteiger partial charge in [0, 0.05) is 13.6 Å². The first kappa shape index (κ1) is 21.1. The molecule has 0 aliphatic heterocycles. The van der Waals surface area contributed by atoms with Gasteiger partial charge in [0.25, 0.3) is 5.91 Å². The Bertz CT molecular complexity index is 628. The van der Waals surface area contributed by atoms with Gasteiger partial charge in [-0.25, -0.2) is 4.79 Å². The zero-order valence-electron chi connectivity index (χ0n) is 14.2. The van der Waals surface area contributed by atoms with Crippen molar-refractivity contribution in [2.75, 3.05) is 33.9 Å². The van der Waals surface area contributed by atoms with E-state index in [4.69, 9.17) is 32.7 Å². The van der Waals surface area contributed by atoms with Crippen LogP contribution < -0.4 is 10.1 Å². The lowest BCUT2D eigenvalue weighted by molar-refractivity contribution is -0.137. The largest absolute Gasteiger partial charge is 0.494 e. The minimum Gasteiger partial charge on any atom is -0.494 e. The smallest absolute Gasteiger partial charge is 0.338 e. The first-order valence-electron chi connectivity index (χ1n) is 7.51. The van der Waals surface area contributed by atoms with E-state index in [-0.39, 0.29) is 33.8 Å². The van der Waals surface area contributed by atoms with Crippen molar-refractivity contribution in [2.45, 2.75) is 13.3 Å². The van der Waals surface area contributed by atoms with Gasteiger partial charge in [0.05, 0.1) is 29.3 Å². The maximum Gasteiger partial charge on any atom is 0.338 e. The van der Waals surface area contributed by atoms with Gasteiger partial charge in [0.15, 0.2) is 12.4 Å². The molecule has 0 saturated heterocycles. The molecule has 0 aliphatic rings. The second-order valence-electron chi connectivity index (χ2n) is 5.15. The molecule has 0 bridgehead atoms. The van der Waals surface area contributed by atoms with Crippen LogP contribution >= 0.6 is 23.2 Å². The van der Waals surface area contributed by atoms with Crippen LogP contribution in [-0.2, 0) is 14.3 Å². The molecule has 25 heavy (non-hydrogen) atoms. The molecule has 9 heteroatoms. The predicted octanol–water partition coefficient (Wildman–Crippen LogP) is 2.14. The highest BCUT2D eigenvalue weighted by Gasteiger charge is 2.18. The zero-order chi connectivity index (χ0) is 19.0. The lowest BCUT2D eigenvalue weighted by Crippen LogP contribution is -2.40. The summed E-state index contributed by atoms with van der Waals surface area (Å²) in [6.07, 6.45) is 0.800. The van der Waals surface area contributed by atoms with Crippen LogP contribution in [0.5, 0.6) is 5.75 Å². The highest BCUT2D eigenvalue weighted by atomic mass is 35.5. The van der Waals surface area contributed by atoms with Gasteiger partial charge in [-0.15, -0.1) is 0 Å². The lowest BCUT2D eigenvalue weighted by Gasteiger charge is -2.16. The highest BCUT2D eigenvalue weighted by molar-refractivity contribution is 6.37. The Kier molecular flexibility index (Phi) is 8.51. The summed E-state index contributed by atoms with van der Waals surface area (Å²) in [4.78, 5) is 36.7. The number of ether oxygens (including phenoxy) is 2. The van der Waals surface area contributed by atoms with Gasteiger partial charge in [-0.1, -0.05) is 30.1 Å². The third kappa shape index (κ3) is 6.43. The highest BCUT2D eigenvalue weighted by Crippen LogP contribution is 2.33. The normalized spacial score (nSPS) is 10.1. The summed E-state index contributed by atoms with van der Waals surface area (Å²) in [5.41, 5.74) is 0.0898. The monoisotopic (exact) mass is 390 g/mol. The summed E-state index contributed by atoms with van der Waals surface area (Å²) < 4.78 is 9.93. The van der Waals surface area contributed by atoms with E-state index >= 15 is 0 Å². The van der Waals surface area contributed by atoms with Crippen molar-refractivity contribution in [1.29, 1.82) is 0 Å². The summed E-state index contributed by atoms with van der Waals surface area (Å²) in [5, 5.41) is 2.95. The second kappa shape index (κ2) is 10.1. The van der Waals surface area contributed by atoms with Crippen LogP contribution in [0.2, 0.25) is 10.0 Å². The molecule has 1 aromatic rings. The van der Waals surface area contributed by atoms with Crippen LogP contribution in [0, 0.1) is 0 Å². The van der Waals surface area contributed by atoms with Crippen LogP contribution in [-0.4, -0.2) is 56.5 Å². The molecule has 0 radical (unpaired) electrons. The Hall–Kier alpha value is -1.99. The molecular formula is C16H20Cl2N2O5. The van der Waals surface area contributed by atoms with Gasteiger partial charge in [-0.2, -0.15) is 0 Å². The average Bonchev–Trinajstić information content (AvgIpc) is 2.56. The fourth-order valence-corrected chi connectivity index (χ4v) is 2.46. The van der Waals surface area contributed by atoms with E-state index in [2.05, 4.69) is 5.32 Å². The molecule has 0 spiro atoms. The van der Waals surface area contributed by atoms with Crippen molar-refractivity contribution in [1.82, 2.24) is 10.2 Å². The summed E-state index contributed by atoms with van der Waals surface area (Å²) in [5.74, 6) is -1.30. The molecule has 0 saturated carbocycles. The van der Waals surface area contributed by atoms with Crippen molar-refractivity contribution in [2.24, 2.45) is 0 Å². The van der Waals surface area contributed by atoms with E-state index in [1.807, 2.05) is 6.92 Å². The number of carbonyl (C=O) groups is 3. The van der Waals surface area contributed by atoms with Crippen molar-refractivity contribution < 1.29 is 23.9 Å². The molecule has 0 aliphatic carbocycles. The van der Waals surface area contributed by atoms with Crippen molar-refractivity contribution in [3.05, 3.63) is 27.7 Å². The number of likely N-dealkylation sites (N-methyl/N-ethyl adjacent to an activating group) is 1. The van der Waals surface area contributed by atoms with Crippen molar-refractivity contribution in [3.8, 4) is 5.75 Å². The van der Waals surface area contributed by atoms with Crippen LogP contribution in [0.25, 0.3) is 0 Å². The van der Waals surface area contributed by atoms with E-state index in [0.717, 1.165) is 6.42 Å². The molecule has 1 N–H and O–H groups in total. The third-order valence-corrected chi connectivity index (χ3v) is 3.71. The number of carbonyl (C=O) groups excluding carboxylic acids is 3. The van der Waals surface area contributed by atoms with E-state index in [1.54, 1.807) is 0 Å². The van der Waals surface area contributed by atoms with Gasteiger partial charge >= 0.3 is 5.97 Å². The molecular weight excluding hydrogens is 371 g/mol. The zero-order valence-corrected chi connectivity index (χ0v) is 15.7. The van der Waals surface area contributed by atoms with Crippen molar-refractivity contribution >= 4 is 41.0 Å². The number of hydrogen-bond acceptors (Lipinski definition) is 5. The predicted molar refractivity (Wildman–Crippen MR) is 94.2 cm³/mol. The maximum atomic E-state index is 12.0. The molecule has 7 nitrogen and oxygen atoms in total. The molecule has 1 rings (SSSR count). The molecule has 1 aromatic carbocycles. The number of nitrogens with one attached hydrogen (secondary N) is 1. The Labute approximate surface area is 156 Å². The second-order valence-corrected chi connectivity index (χ2v) is 5.96. The van der Waals surface area contributed by atoms with E-state index < -0.39 is 18.5 Å². The number of methoxy groups -OCH3 is 1. The number of halogens is 2. The third-order valence-electron chi connectivity index (χ3n) is 3.14. The Balaban J connectivity index is 2.58. The van der Waals surface area contributed by atoms with E-state index in [0.29, 0.717) is 6.54 Å². The van der Waals surface area contributed by atoms with Gasteiger partial charge in [0.1, 0.15) is 0 Å².